The number of sulfonamides is 1. The molecule has 1 aliphatic carbocycles. The SMILES string of the molecule is Cc1nc(NC(=O)C2CCCC2)sc1-c1ccc(Cl)c(S(=O)(=O)N[C@H]2CCNC2)c1. The number of nitrogens with zero attached hydrogens (tertiary/aromatic N) is 1. The lowest BCUT2D eigenvalue weighted by Gasteiger charge is -2.14. The molecule has 1 aromatic carbocycles. The van der Waals surface area contributed by atoms with E-state index < -0.39 is 10.0 Å². The number of amides is 1. The van der Waals surface area contributed by atoms with Crippen LogP contribution in [0, 0.1) is 12.8 Å². The van der Waals surface area contributed by atoms with Crippen LogP contribution in [0.3, 0.4) is 0 Å². The highest BCUT2D eigenvalue weighted by Gasteiger charge is 2.26. The highest BCUT2D eigenvalue weighted by Crippen LogP contribution is 2.36. The van der Waals surface area contributed by atoms with Crippen molar-refractivity contribution in [1.29, 1.82) is 0 Å². The molecule has 1 amide bonds. The van der Waals surface area contributed by atoms with E-state index in [9.17, 15) is 13.2 Å². The predicted octanol–water partition coefficient (Wildman–Crippen LogP) is 3.54. The second-order valence-corrected chi connectivity index (χ2v) is 10.9. The number of aryl methyl sites for hydroxylation is 1. The topological polar surface area (TPSA) is 100 Å². The van der Waals surface area contributed by atoms with Crippen molar-refractivity contribution in [3.05, 3.63) is 28.9 Å². The molecule has 0 bridgehead atoms. The van der Waals surface area contributed by atoms with Gasteiger partial charge in [-0.25, -0.2) is 18.1 Å². The Hall–Kier alpha value is -1.52. The number of carbonyl (C=O) groups is 1. The van der Waals surface area contributed by atoms with E-state index in [-0.39, 0.29) is 27.8 Å². The van der Waals surface area contributed by atoms with Gasteiger partial charge in [0.25, 0.3) is 0 Å². The minimum atomic E-state index is -3.75. The first kappa shape index (κ1) is 21.7. The number of anilines is 1. The molecule has 0 unspecified atom stereocenters. The van der Waals surface area contributed by atoms with Gasteiger partial charge in [-0.05, 0) is 50.4 Å². The van der Waals surface area contributed by atoms with Crippen LogP contribution >= 0.6 is 22.9 Å². The Morgan fingerprint density at radius 1 is 1.27 bits per heavy atom. The molecule has 0 spiro atoms. The summed E-state index contributed by atoms with van der Waals surface area (Å²) in [5, 5.41) is 6.78. The number of thiazole rings is 1. The van der Waals surface area contributed by atoms with E-state index in [2.05, 4.69) is 20.3 Å². The van der Waals surface area contributed by atoms with Crippen molar-refractivity contribution in [3.8, 4) is 10.4 Å². The summed E-state index contributed by atoms with van der Waals surface area (Å²) in [5.74, 6) is 0.0719. The van der Waals surface area contributed by atoms with Crippen molar-refractivity contribution in [1.82, 2.24) is 15.0 Å². The van der Waals surface area contributed by atoms with Gasteiger partial charge in [0.2, 0.25) is 15.9 Å². The van der Waals surface area contributed by atoms with Crippen molar-refractivity contribution >= 4 is 44.0 Å². The Bertz CT molecular complexity index is 1040. The van der Waals surface area contributed by atoms with Gasteiger partial charge in [-0.3, -0.25) is 4.79 Å². The van der Waals surface area contributed by atoms with Crippen LogP contribution in [0.5, 0.6) is 0 Å². The fraction of sp³-hybridized carbons (Fsp3) is 0.500. The quantitative estimate of drug-likeness (QED) is 0.602. The van der Waals surface area contributed by atoms with E-state index >= 15 is 0 Å². The Kier molecular flexibility index (Phi) is 6.45. The lowest BCUT2D eigenvalue weighted by Crippen LogP contribution is -2.36. The van der Waals surface area contributed by atoms with E-state index in [4.69, 9.17) is 11.6 Å². The normalized spacial score (nSPS) is 20.0. The number of benzene rings is 1. The monoisotopic (exact) mass is 468 g/mol. The summed E-state index contributed by atoms with van der Waals surface area (Å²) < 4.78 is 28.5. The highest BCUT2D eigenvalue weighted by atomic mass is 35.5. The van der Waals surface area contributed by atoms with E-state index in [1.807, 2.05) is 6.92 Å². The Morgan fingerprint density at radius 3 is 2.73 bits per heavy atom. The van der Waals surface area contributed by atoms with Gasteiger partial charge >= 0.3 is 0 Å². The summed E-state index contributed by atoms with van der Waals surface area (Å²) >= 11 is 7.58. The maximum atomic E-state index is 12.9. The maximum Gasteiger partial charge on any atom is 0.242 e. The molecule has 162 valence electrons. The van der Waals surface area contributed by atoms with Gasteiger partial charge in [-0.2, -0.15) is 0 Å². The number of hydrogen-bond donors (Lipinski definition) is 3. The summed E-state index contributed by atoms with van der Waals surface area (Å²) in [5.41, 5.74) is 1.45. The average Bonchev–Trinajstić information content (AvgIpc) is 3.44. The molecule has 30 heavy (non-hydrogen) atoms. The number of nitrogens with one attached hydrogen (secondary N) is 3. The zero-order valence-corrected chi connectivity index (χ0v) is 19.1. The molecule has 7 nitrogen and oxygen atoms in total. The van der Waals surface area contributed by atoms with Crippen LogP contribution in [0.15, 0.2) is 23.1 Å². The lowest BCUT2D eigenvalue weighted by atomic mass is 10.1. The van der Waals surface area contributed by atoms with Crippen molar-refractivity contribution in [2.45, 2.75) is 50.0 Å². The average molecular weight is 469 g/mol. The number of hydrogen-bond acceptors (Lipinski definition) is 6. The largest absolute Gasteiger partial charge is 0.315 e. The van der Waals surface area contributed by atoms with Gasteiger partial charge in [0.1, 0.15) is 4.90 Å². The molecule has 2 fully saturated rings. The predicted molar refractivity (Wildman–Crippen MR) is 119 cm³/mol. The summed E-state index contributed by atoms with van der Waals surface area (Å²) in [7, 11) is -3.75. The van der Waals surface area contributed by atoms with Crippen LogP contribution in [0.1, 0.15) is 37.8 Å². The second kappa shape index (κ2) is 8.92. The molecular formula is C20H25ClN4O3S2. The molecule has 4 rings (SSSR count). The third-order valence-electron chi connectivity index (χ3n) is 5.62. The lowest BCUT2D eigenvalue weighted by molar-refractivity contribution is -0.119. The number of aromatic nitrogens is 1. The third kappa shape index (κ3) is 4.70. The Morgan fingerprint density at radius 2 is 2.03 bits per heavy atom. The Labute approximate surface area is 185 Å². The molecule has 2 heterocycles. The molecule has 1 aliphatic heterocycles. The molecule has 2 aromatic rings. The number of halogens is 1. The minimum Gasteiger partial charge on any atom is -0.315 e. The molecule has 2 aliphatic rings. The summed E-state index contributed by atoms with van der Waals surface area (Å²) in [6.07, 6.45) is 4.77. The second-order valence-electron chi connectivity index (χ2n) is 7.86. The Balaban J connectivity index is 1.57. The van der Waals surface area contributed by atoms with E-state index in [1.54, 1.807) is 18.2 Å². The first-order chi connectivity index (χ1) is 14.3. The molecule has 10 heteroatoms. The molecule has 1 atom stereocenters. The fourth-order valence-corrected chi connectivity index (χ4v) is 6.76. The molecule has 3 N–H and O–H groups in total. The van der Waals surface area contributed by atoms with Crippen LogP contribution in [0.2, 0.25) is 5.02 Å². The van der Waals surface area contributed by atoms with Crippen LogP contribution in [0.4, 0.5) is 5.13 Å². The number of carbonyl (C=O) groups excluding carboxylic acids is 1. The molecular weight excluding hydrogens is 444 g/mol. The van der Waals surface area contributed by atoms with Crippen molar-refractivity contribution < 1.29 is 13.2 Å². The summed E-state index contributed by atoms with van der Waals surface area (Å²) in [6.45, 7) is 3.24. The first-order valence-electron chi connectivity index (χ1n) is 10.1. The van der Waals surface area contributed by atoms with Gasteiger partial charge in [-0.1, -0.05) is 41.8 Å². The third-order valence-corrected chi connectivity index (χ3v) is 8.74. The summed E-state index contributed by atoms with van der Waals surface area (Å²) in [6, 6.07) is 4.81. The van der Waals surface area contributed by atoms with Crippen LogP contribution in [-0.2, 0) is 14.8 Å². The van der Waals surface area contributed by atoms with Gasteiger partial charge < -0.3 is 10.6 Å². The molecule has 1 saturated heterocycles. The maximum absolute atomic E-state index is 12.9. The van der Waals surface area contributed by atoms with Gasteiger partial charge in [0, 0.05) is 18.5 Å². The van der Waals surface area contributed by atoms with E-state index in [1.165, 1.54) is 11.3 Å². The zero-order chi connectivity index (χ0) is 21.3. The van der Waals surface area contributed by atoms with Crippen LogP contribution in [0.25, 0.3) is 10.4 Å². The van der Waals surface area contributed by atoms with Gasteiger partial charge in [-0.15, -0.1) is 0 Å². The first-order valence-corrected chi connectivity index (χ1v) is 12.8. The van der Waals surface area contributed by atoms with Crippen LogP contribution < -0.4 is 15.4 Å². The number of rotatable bonds is 6. The van der Waals surface area contributed by atoms with Gasteiger partial charge in [0.15, 0.2) is 5.13 Å². The van der Waals surface area contributed by atoms with Crippen LogP contribution in [-0.4, -0.2) is 38.4 Å². The van der Waals surface area contributed by atoms with Gasteiger partial charge in [0.05, 0.1) is 15.6 Å². The zero-order valence-electron chi connectivity index (χ0n) is 16.7. The van der Waals surface area contributed by atoms with Crippen molar-refractivity contribution in [3.63, 3.8) is 0 Å². The highest BCUT2D eigenvalue weighted by molar-refractivity contribution is 7.89. The smallest absolute Gasteiger partial charge is 0.242 e. The molecule has 1 aromatic heterocycles. The van der Waals surface area contributed by atoms with E-state index in [0.29, 0.717) is 17.2 Å². The van der Waals surface area contributed by atoms with Crippen molar-refractivity contribution in [2.24, 2.45) is 5.92 Å². The molecule has 0 radical (unpaired) electrons. The standard InChI is InChI=1S/C20H25ClN4O3S2/c1-12-18(29-20(23-12)24-19(26)13-4-2-3-5-13)14-6-7-16(21)17(10-14)30(27,28)25-15-8-9-22-11-15/h6-7,10,13,15,22,25H,2-5,8-9,11H2,1H3,(H,23,24,26)/t15-/m0/s1. The fourth-order valence-electron chi connectivity index (χ4n) is 4.00. The molecule has 1 saturated carbocycles. The van der Waals surface area contributed by atoms with Crippen molar-refractivity contribution in [2.75, 3.05) is 18.4 Å². The minimum absolute atomic E-state index is 0.0153. The summed E-state index contributed by atoms with van der Waals surface area (Å²) in [4.78, 5) is 17.8. The van der Waals surface area contributed by atoms with E-state index in [0.717, 1.165) is 49.2 Å².